The number of halogens is 1. The van der Waals surface area contributed by atoms with Gasteiger partial charge in [-0.2, -0.15) is 0 Å². The summed E-state index contributed by atoms with van der Waals surface area (Å²) in [5.41, 5.74) is 6.61. The lowest BCUT2D eigenvalue weighted by Crippen LogP contribution is -2.05. The summed E-state index contributed by atoms with van der Waals surface area (Å²) >= 11 is 0. The van der Waals surface area contributed by atoms with Crippen LogP contribution in [-0.4, -0.2) is 14.8 Å². The van der Waals surface area contributed by atoms with Crippen LogP contribution in [0.15, 0.2) is 30.9 Å². The average Bonchev–Trinajstić information content (AvgIpc) is 2.70. The van der Waals surface area contributed by atoms with Gasteiger partial charge in [-0.3, -0.25) is 4.57 Å². The first-order valence-electron chi connectivity index (χ1n) is 4.15. The molecule has 0 atom stereocenters. The van der Waals surface area contributed by atoms with Gasteiger partial charge in [0.2, 0.25) is 0 Å². The fourth-order valence-electron chi connectivity index (χ4n) is 1.32. The number of hydrogen-bond acceptors (Lipinski definition) is 3. The van der Waals surface area contributed by atoms with Crippen LogP contribution in [0, 0.1) is 5.82 Å². The summed E-state index contributed by atoms with van der Waals surface area (Å²) in [5, 5.41) is 7.31. The van der Waals surface area contributed by atoms with E-state index in [0.717, 1.165) is 0 Å². The first-order chi connectivity index (χ1) is 6.83. The Kier molecular flexibility index (Phi) is 2.24. The van der Waals surface area contributed by atoms with E-state index in [-0.39, 0.29) is 12.4 Å². The van der Waals surface area contributed by atoms with Crippen molar-refractivity contribution in [1.82, 2.24) is 14.8 Å². The van der Waals surface area contributed by atoms with Crippen molar-refractivity contribution in [3.63, 3.8) is 0 Å². The quantitative estimate of drug-likeness (QED) is 0.767. The molecule has 1 heterocycles. The molecule has 2 aromatic rings. The molecule has 0 spiro atoms. The highest BCUT2D eigenvalue weighted by atomic mass is 19.1. The molecule has 2 N–H and O–H groups in total. The van der Waals surface area contributed by atoms with Crippen molar-refractivity contribution >= 4 is 0 Å². The maximum atomic E-state index is 13.3. The highest BCUT2D eigenvalue weighted by molar-refractivity contribution is 5.41. The van der Waals surface area contributed by atoms with Crippen molar-refractivity contribution in [2.24, 2.45) is 5.73 Å². The molecule has 0 bridgehead atoms. The first kappa shape index (κ1) is 8.83. The predicted octanol–water partition coefficient (Wildman–Crippen LogP) is 0.865. The number of benzene rings is 1. The van der Waals surface area contributed by atoms with E-state index in [4.69, 9.17) is 5.73 Å². The number of nitrogens with two attached hydrogens (primary N) is 1. The molecule has 1 aromatic heterocycles. The Balaban J connectivity index is 2.58. The van der Waals surface area contributed by atoms with Crippen molar-refractivity contribution in [1.29, 1.82) is 0 Å². The Hall–Kier alpha value is -1.75. The summed E-state index contributed by atoms with van der Waals surface area (Å²) in [6.45, 7) is 0.153. The van der Waals surface area contributed by atoms with Crippen LogP contribution in [0.25, 0.3) is 5.69 Å². The molecule has 4 nitrogen and oxygen atoms in total. The minimum absolute atomic E-state index is 0.153. The van der Waals surface area contributed by atoms with Crippen molar-refractivity contribution in [3.8, 4) is 5.69 Å². The maximum absolute atomic E-state index is 13.3. The summed E-state index contributed by atoms with van der Waals surface area (Å²) in [6, 6.07) is 4.79. The smallest absolute Gasteiger partial charge is 0.129 e. The summed E-state index contributed by atoms with van der Waals surface area (Å²) in [7, 11) is 0. The standard InChI is InChI=1S/C9H9FN4/c10-8-2-1-3-9(7(8)4-11)14-5-12-13-6-14/h1-3,5-6H,4,11H2. The molecule has 5 heteroatoms. The van der Waals surface area contributed by atoms with Crippen LogP contribution in [0.3, 0.4) is 0 Å². The maximum Gasteiger partial charge on any atom is 0.129 e. The molecule has 0 fully saturated rings. The minimum Gasteiger partial charge on any atom is -0.326 e. The van der Waals surface area contributed by atoms with E-state index in [1.165, 1.54) is 18.7 Å². The molecule has 2 rings (SSSR count). The molecular weight excluding hydrogens is 183 g/mol. The Morgan fingerprint density at radius 3 is 2.64 bits per heavy atom. The van der Waals surface area contributed by atoms with Gasteiger partial charge >= 0.3 is 0 Å². The number of aromatic nitrogens is 3. The zero-order chi connectivity index (χ0) is 9.97. The molecule has 14 heavy (non-hydrogen) atoms. The Morgan fingerprint density at radius 1 is 1.29 bits per heavy atom. The molecule has 0 saturated heterocycles. The summed E-state index contributed by atoms with van der Waals surface area (Å²) < 4.78 is 14.9. The van der Waals surface area contributed by atoms with E-state index in [1.54, 1.807) is 16.7 Å². The zero-order valence-electron chi connectivity index (χ0n) is 7.39. The molecule has 0 aliphatic rings. The molecule has 0 radical (unpaired) electrons. The first-order valence-corrected chi connectivity index (χ1v) is 4.15. The van der Waals surface area contributed by atoms with Gasteiger partial charge in [0.15, 0.2) is 0 Å². The molecule has 0 saturated carbocycles. The van der Waals surface area contributed by atoms with E-state index in [2.05, 4.69) is 10.2 Å². The SMILES string of the molecule is NCc1c(F)cccc1-n1cnnc1. The van der Waals surface area contributed by atoms with Crippen LogP contribution in [0.2, 0.25) is 0 Å². The van der Waals surface area contributed by atoms with Gasteiger partial charge in [-0.25, -0.2) is 4.39 Å². The van der Waals surface area contributed by atoms with E-state index in [1.807, 2.05) is 0 Å². The van der Waals surface area contributed by atoms with Gasteiger partial charge in [0.05, 0.1) is 5.69 Å². The Labute approximate surface area is 80.2 Å². The van der Waals surface area contributed by atoms with E-state index in [9.17, 15) is 4.39 Å². The fourth-order valence-corrected chi connectivity index (χ4v) is 1.32. The normalized spacial score (nSPS) is 10.4. The van der Waals surface area contributed by atoms with E-state index >= 15 is 0 Å². The van der Waals surface area contributed by atoms with Crippen LogP contribution in [0.1, 0.15) is 5.56 Å². The third kappa shape index (κ3) is 1.38. The predicted molar refractivity (Wildman–Crippen MR) is 49.2 cm³/mol. The van der Waals surface area contributed by atoms with Crippen LogP contribution >= 0.6 is 0 Å². The monoisotopic (exact) mass is 192 g/mol. The highest BCUT2D eigenvalue weighted by Gasteiger charge is 2.07. The van der Waals surface area contributed by atoms with Gasteiger partial charge in [-0.05, 0) is 12.1 Å². The Morgan fingerprint density at radius 2 is 2.00 bits per heavy atom. The van der Waals surface area contributed by atoms with Crippen LogP contribution in [0.4, 0.5) is 4.39 Å². The number of rotatable bonds is 2. The van der Waals surface area contributed by atoms with Crippen molar-refractivity contribution < 1.29 is 4.39 Å². The van der Waals surface area contributed by atoms with Crippen LogP contribution in [-0.2, 0) is 6.54 Å². The fraction of sp³-hybridized carbons (Fsp3) is 0.111. The van der Waals surface area contributed by atoms with Gasteiger partial charge in [-0.15, -0.1) is 10.2 Å². The van der Waals surface area contributed by atoms with Crippen LogP contribution < -0.4 is 5.73 Å². The van der Waals surface area contributed by atoms with Gasteiger partial charge in [-0.1, -0.05) is 6.07 Å². The molecule has 0 amide bonds. The second-order valence-electron chi connectivity index (χ2n) is 2.81. The molecule has 0 aliphatic heterocycles. The third-order valence-electron chi connectivity index (χ3n) is 2.00. The summed E-state index contributed by atoms with van der Waals surface area (Å²) in [5.74, 6) is -0.307. The molecule has 0 aliphatic carbocycles. The topological polar surface area (TPSA) is 56.7 Å². The van der Waals surface area contributed by atoms with Crippen LogP contribution in [0.5, 0.6) is 0 Å². The summed E-state index contributed by atoms with van der Waals surface area (Å²) in [6.07, 6.45) is 3.02. The zero-order valence-corrected chi connectivity index (χ0v) is 7.39. The van der Waals surface area contributed by atoms with Crippen molar-refractivity contribution in [2.75, 3.05) is 0 Å². The third-order valence-corrected chi connectivity index (χ3v) is 2.00. The van der Waals surface area contributed by atoms with Crippen molar-refractivity contribution in [2.45, 2.75) is 6.54 Å². The lowest BCUT2D eigenvalue weighted by atomic mass is 10.1. The lowest BCUT2D eigenvalue weighted by molar-refractivity contribution is 0.608. The molecule has 1 aromatic carbocycles. The molecule has 0 unspecified atom stereocenters. The molecular formula is C9H9FN4. The van der Waals surface area contributed by atoms with Gasteiger partial charge in [0.25, 0.3) is 0 Å². The van der Waals surface area contributed by atoms with Crippen molar-refractivity contribution in [3.05, 3.63) is 42.2 Å². The largest absolute Gasteiger partial charge is 0.326 e. The summed E-state index contributed by atoms with van der Waals surface area (Å²) in [4.78, 5) is 0. The van der Waals surface area contributed by atoms with Gasteiger partial charge in [0.1, 0.15) is 18.5 Å². The van der Waals surface area contributed by atoms with E-state index < -0.39 is 0 Å². The van der Waals surface area contributed by atoms with E-state index in [0.29, 0.717) is 11.3 Å². The second kappa shape index (κ2) is 3.55. The number of nitrogens with zero attached hydrogens (tertiary/aromatic N) is 3. The molecule has 72 valence electrons. The van der Waals surface area contributed by atoms with Gasteiger partial charge in [0, 0.05) is 12.1 Å². The number of hydrogen-bond donors (Lipinski definition) is 1. The van der Waals surface area contributed by atoms with Gasteiger partial charge < -0.3 is 5.73 Å². The Bertz CT molecular complexity index is 424. The minimum atomic E-state index is -0.307. The highest BCUT2D eigenvalue weighted by Crippen LogP contribution is 2.16. The lowest BCUT2D eigenvalue weighted by Gasteiger charge is -2.07. The second-order valence-corrected chi connectivity index (χ2v) is 2.81. The average molecular weight is 192 g/mol.